The second-order valence-electron chi connectivity index (χ2n) is 7.97. The number of hydrogen-bond acceptors (Lipinski definition) is 4. The summed E-state index contributed by atoms with van der Waals surface area (Å²) in [7, 11) is 1.57. The molecule has 5 nitrogen and oxygen atoms in total. The highest BCUT2D eigenvalue weighted by Crippen LogP contribution is 2.51. The lowest BCUT2D eigenvalue weighted by molar-refractivity contribution is -0.124. The zero-order valence-electron chi connectivity index (χ0n) is 15.4. The van der Waals surface area contributed by atoms with Gasteiger partial charge < -0.3 is 9.15 Å². The topological polar surface area (TPSA) is 59.8 Å². The summed E-state index contributed by atoms with van der Waals surface area (Å²) in [6.45, 7) is 0. The number of furan rings is 1. The average Bonchev–Trinajstić information content (AvgIpc) is 3.23. The van der Waals surface area contributed by atoms with Crippen LogP contribution in [0.3, 0.4) is 0 Å². The van der Waals surface area contributed by atoms with Gasteiger partial charge in [0, 0.05) is 16.8 Å². The van der Waals surface area contributed by atoms with Crippen LogP contribution in [0.2, 0.25) is 0 Å². The van der Waals surface area contributed by atoms with Crippen LogP contribution >= 0.6 is 0 Å². The van der Waals surface area contributed by atoms with E-state index in [1.807, 2.05) is 30.3 Å². The van der Waals surface area contributed by atoms with Crippen molar-refractivity contribution in [2.24, 2.45) is 23.7 Å². The zero-order valence-corrected chi connectivity index (χ0v) is 15.4. The van der Waals surface area contributed by atoms with Gasteiger partial charge in [-0.2, -0.15) is 0 Å². The van der Waals surface area contributed by atoms with Gasteiger partial charge in [0.25, 0.3) is 0 Å². The van der Waals surface area contributed by atoms with Crippen LogP contribution in [0.15, 0.2) is 53.0 Å². The molecule has 0 radical (unpaired) electrons. The molecule has 2 bridgehead atoms. The third-order valence-corrected chi connectivity index (χ3v) is 6.68. The molecule has 1 saturated carbocycles. The summed E-state index contributed by atoms with van der Waals surface area (Å²) in [5.74, 6) is 0.139. The van der Waals surface area contributed by atoms with Crippen molar-refractivity contribution in [1.82, 2.24) is 0 Å². The Balaban J connectivity index is 1.53. The van der Waals surface area contributed by atoms with Gasteiger partial charge in [0.1, 0.15) is 16.9 Å². The molecule has 2 amide bonds. The van der Waals surface area contributed by atoms with Gasteiger partial charge in [0.15, 0.2) is 0 Å². The van der Waals surface area contributed by atoms with E-state index in [2.05, 4.69) is 12.2 Å². The number of benzene rings is 2. The summed E-state index contributed by atoms with van der Waals surface area (Å²) in [6.07, 6.45) is 6.22. The van der Waals surface area contributed by atoms with Gasteiger partial charge in [-0.1, -0.05) is 30.4 Å². The highest BCUT2D eigenvalue weighted by atomic mass is 16.5. The van der Waals surface area contributed by atoms with E-state index in [4.69, 9.17) is 9.15 Å². The number of carbonyl (C=O) groups excluding carboxylic acids is 2. The second kappa shape index (κ2) is 5.47. The number of fused-ring (bicyclic) bond motifs is 4. The van der Waals surface area contributed by atoms with E-state index < -0.39 is 0 Å². The highest BCUT2D eigenvalue weighted by molar-refractivity contribution is 6.24. The molecule has 4 aliphatic rings. The highest BCUT2D eigenvalue weighted by Gasteiger charge is 2.57. The normalized spacial score (nSPS) is 28.5. The van der Waals surface area contributed by atoms with Crippen molar-refractivity contribution in [1.29, 1.82) is 0 Å². The first kappa shape index (κ1) is 15.9. The standard InChI is InChI=1S/C23H19NO4/c1-27-19-10-15-14-4-2-3-5-17(14)28-18(15)11-16(19)24-22(25)20-12-6-7-13(9-8-12)21(20)23(24)26/h2-7,10-13,20-21H,8-9H2,1H3/t12-,13+,20?,21?. The molecule has 140 valence electrons. The Bertz CT molecular complexity index is 1160. The molecule has 2 fully saturated rings. The quantitative estimate of drug-likeness (QED) is 0.496. The fourth-order valence-electron chi connectivity index (χ4n) is 5.39. The van der Waals surface area contributed by atoms with Crippen LogP contribution in [-0.4, -0.2) is 18.9 Å². The molecule has 1 saturated heterocycles. The van der Waals surface area contributed by atoms with Gasteiger partial charge in [0.2, 0.25) is 11.8 Å². The molecule has 3 aliphatic carbocycles. The number of carbonyl (C=O) groups is 2. The minimum Gasteiger partial charge on any atom is -0.495 e. The summed E-state index contributed by atoms with van der Waals surface area (Å²) < 4.78 is 11.6. The first-order valence-electron chi connectivity index (χ1n) is 9.73. The molecule has 1 aliphatic heterocycles. The lowest BCUT2D eigenvalue weighted by atomic mass is 9.63. The van der Waals surface area contributed by atoms with E-state index in [-0.39, 0.29) is 35.5 Å². The monoisotopic (exact) mass is 373 g/mol. The minimum absolute atomic E-state index is 0.109. The van der Waals surface area contributed by atoms with E-state index in [0.29, 0.717) is 17.0 Å². The first-order chi connectivity index (χ1) is 13.7. The fraction of sp³-hybridized carbons (Fsp3) is 0.304. The number of rotatable bonds is 2. The van der Waals surface area contributed by atoms with Crippen molar-refractivity contribution in [2.75, 3.05) is 12.0 Å². The summed E-state index contributed by atoms with van der Waals surface area (Å²) in [5.41, 5.74) is 1.90. The van der Waals surface area contributed by atoms with Gasteiger partial charge in [-0.25, -0.2) is 4.90 Å². The van der Waals surface area contributed by atoms with Crippen molar-refractivity contribution >= 4 is 39.4 Å². The Morgan fingerprint density at radius 2 is 1.61 bits per heavy atom. The van der Waals surface area contributed by atoms with E-state index >= 15 is 0 Å². The molecule has 5 heteroatoms. The largest absolute Gasteiger partial charge is 0.495 e. The van der Waals surface area contributed by atoms with E-state index in [0.717, 1.165) is 29.2 Å². The average molecular weight is 373 g/mol. The predicted octanol–water partition coefficient (Wildman–Crippen LogP) is 4.30. The predicted molar refractivity (Wildman–Crippen MR) is 105 cm³/mol. The Labute approximate surface area is 161 Å². The van der Waals surface area contributed by atoms with Crippen LogP contribution in [0.25, 0.3) is 21.9 Å². The Morgan fingerprint density at radius 1 is 0.929 bits per heavy atom. The van der Waals surface area contributed by atoms with Crippen molar-refractivity contribution < 1.29 is 18.7 Å². The lowest BCUT2D eigenvalue weighted by Crippen LogP contribution is -2.38. The summed E-state index contributed by atoms with van der Waals surface area (Å²) in [5, 5.41) is 1.90. The maximum atomic E-state index is 13.3. The van der Waals surface area contributed by atoms with Crippen molar-refractivity contribution in [2.45, 2.75) is 12.8 Å². The number of imide groups is 1. The van der Waals surface area contributed by atoms with Crippen LogP contribution < -0.4 is 9.64 Å². The minimum atomic E-state index is -0.243. The number of nitrogens with zero attached hydrogens (tertiary/aromatic N) is 1. The van der Waals surface area contributed by atoms with Crippen molar-refractivity contribution in [3.63, 3.8) is 0 Å². The molecule has 1 aromatic heterocycles. The molecule has 7 rings (SSSR count). The van der Waals surface area contributed by atoms with Gasteiger partial charge in [-0.05, 0) is 36.8 Å². The number of methoxy groups -OCH3 is 1. The summed E-state index contributed by atoms with van der Waals surface area (Å²) in [6, 6.07) is 11.4. The van der Waals surface area contributed by atoms with Crippen molar-refractivity contribution in [3.05, 3.63) is 48.6 Å². The fourth-order valence-corrected chi connectivity index (χ4v) is 5.39. The molecular formula is C23H19NO4. The van der Waals surface area contributed by atoms with Gasteiger partial charge in [0.05, 0.1) is 24.6 Å². The Morgan fingerprint density at radius 3 is 2.25 bits per heavy atom. The number of ether oxygens (including phenoxy) is 1. The number of para-hydroxylation sites is 1. The maximum Gasteiger partial charge on any atom is 0.238 e. The molecule has 2 heterocycles. The van der Waals surface area contributed by atoms with E-state index in [1.54, 1.807) is 13.2 Å². The summed E-state index contributed by atoms with van der Waals surface area (Å²) >= 11 is 0. The van der Waals surface area contributed by atoms with Crippen LogP contribution in [0, 0.1) is 23.7 Å². The van der Waals surface area contributed by atoms with Gasteiger partial charge >= 0.3 is 0 Å². The third-order valence-electron chi connectivity index (χ3n) is 6.68. The second-order valence-corrected chi connectivity index (χ2v) is 7.97. The first-order valence-corrected chi connectivity index (χ1v) is 9.73. The number of hydrogen-bond donors (Lipinski definition) is 0. The van der Waals surface area contributed by atoms with Gasteiger partial charge in [-0.3, -0.25) is 9.59 Å². The molecule has 28 heavy (non-hydrogen) atoms. The smallest absolute Gasteiger partial charge is 0.238 e. The van der Waals surface area contributed by atoms with E-state index in [9.17, 15) is 9.59 Å². The molecule has 0 spiro atoms. The molecular weight excluding hydrogens is 354 g/mol. The zero-order chi connectivity index (χ0) is 19.0. The lowest BCUT2D eigenvalue weighted by Gasteiger charge is -2.38. The number of amides is 2. The van der Waals surface area contributed by atoms with Crippen LogP contribution in [0.1, 0.15) is 12.8 Å². The molecule has 0 N–H and O–H groups in total. The maximum absolute atomic E-state index is 13.3. The van der Waals surface area contributed by atoms with Crippen LogP contribution in [0.4, 0.5) is 5.69 Å². The summed E-state index contributed by atoms with van der Waals surface area (Å²) in [4.78, 5) is 28.0. The van der Waals surface area contributed by atoms with E-state index in [1.165, 1.54) is 4.90 Å². The van der Waals surface area contributed by atoms with Gasteiger partial charge in [-0.15, -0.1) is 0 Å². The Kier molecular flexibility index (Phi) is 3.11. The SMILES string of the molecule is COc1cc2c(cc1N1C(=O)C3C(C1=O)[C@H]1C=C[C@@H]3CC1)oc1ccccc12. The Hall–Kier alpha value is -3.08. The molecule has 2 unspecified atom stereocenters. The van der Waals surface area contributed by atoms with Crippen molar-refractivity contribution in [3.8, 4) is 5.75 Å². The molecule has 2 aromatic carbocycles. The van der Waals surface area contributed by atoms with Crippen LogP contribution in [-0.2, 0) is 9.59 Å². The molecule has 4 atom stereocenters. The third kappa shape index (κ3) is 1.91. The number of allylic oxidation sites excluding steroid dienone is 2. The van der Waals surface area contributed by atoms with Crippen LogP contribution in [0.5, 0.6) is 5.75 Å². The molecule has 3 aromatic rings. The number of anilines is 1.